The maximum atomic E-state index is 6.12. The van der Waals surface area contributed by atoms with Crippen molar-refractivity contribution in [1.82, 2.24) is 9.97 Å². The van der Waals surface area contributed by atoms with E-state index in [1.165, 1.54) is 4.88 Å². The van der Waals surface area contributed by atoms with E-state index in [0.29, 0.717) is 11.0 Å². The molecule has 3 aromatic rings. The molecule has 0 radical (unpaired) electrons. The molecule has 0 aliphatic rings. The summed E-state index contributed by atoms with van der Waals surface area (Å²) in [5, 5.41) is 1.40. The molecule has 0 atom stereocenters. The van der Waals surface area contributed by atoms with Crippen LogP contribution in [0.4, 0.5) is 0 Å². The van der Waals surface area contributed by atoms with Gasteiger partial charge in [0.15, 0.2) is 5.82 Å². The number of aryl methyl sites for hydroxylation is 1. The molecular weight excluding hydrogens is 244 g/mol. The van der Waals surface area contributed by atoms with Crippen LogP contribution < -0.4 is 0 Å². The molecule has 3 nitrogen and oxygen atoms in total. The van der Waals surface area contributed by atoms with Crippen LogP contribution in [0.3, 0.4) is 0 Å². The third-order valence-corrected chi connectivity index (χ3v) is 3.48. The number of nitrogens with zero attached hydrogens (tertiary/aromatic N) is 2. The monoisotopic (exact) mass is 250 g/mol. The van der Waals surface area contributed by atoms with E-state index in [1.54, 1.807) is 23.9 Å². The van der Waals surface area contributed by atoms with E-state index in [2.05, 4.69) is 9.97 Å². The van der Waals surface area contributed by atoms with E-state index in [-0.39, 0.29) is 0 Å². The summed E-state index contributed by atoms with van der Waals surface area (Å²) in [6.45, 7) is 2.03. The Hall–Kier alpha value is -1.39. The lowest BCUT2D eigenvalue weighted by Gasteiger charge is -1.97. The fourth-order valence-electron chi connectivity index (χ4n) is 1.53. The van der Waals surface area contributed by atoms with Crippen LogP contribution >= 0.6 is 22.9 Å². The van der Waals surface area contributed by atoms with Gasteiger partial charge in [0, 0.05) is 10.3 Å². The summed E-state index contributed by atoms with van der Waals surface area (Å²) < 4.78 is 5.01. The summed E-state index contributed by atoms with van der Waals surface area (Å²) in [7, 11) is 0. The summed E-state index contributed by atoms with van der Waals surface area (Å²) >= 11 is 7.73. The zero-order valence-corrected chi connectivity index (χ0v) is 9.97. The molecule has 0 aromatic carbocycles. The Balaban J connectivity index is 2.28. The third kappa shape index (κ3) is 1.50. The van der Waals surface area contributed by atoms with E-state index in [1.807, 2.05) is 19.1 Å². The highest BCUT2D eigenvalue weighted by molar-refractivity contribution is 7.18. The van der Waals surface area contributed by atoms with Gasteiger partial charge in [-0.25, -0.2) is 9.97 Å². The second-order valence-electron chi connectivity index (χ2n) is 3.43. The largest absolute Gasteiger partial charge is 0.472 e. The normalized spacial score (nSPS) is 11.1. The van der Waals surface area contributed by atoms with Crippen molar-refractivity contribution in [2.45, 2.75) is 6.92 Å². The molecule has 0 bridgehead atoms. The Morgan fingerprint density at radius 1 is 1.38 bits per heavy atom. The molecule has 80 valence electrons. The molecule has 0 fully saturated rings. The molecule has 0 N–H and O–H groups in total. The molecule has 0 unspecified atom stereocenters. The fourth-order valence-corrected chi connectivity index (χ4v) is 2.69. The van der Waals surface area contributed by atoms with E-state index in [4.69, 9.17) is 16.0 Å². The van der Waals surface area contributed by atoms with Crippen molar-refractivity contribution in [2.75, 3.05) is 0 Å². The molecule has 0 spiro atoms. The molecule has 3 aromatic heterocycles. The van der Waals surface area contributed by atoms with Gasteiger partial charge in [0.25, 0.3) is 0 Å². The number of hydrogen-bond donors (Lipinski definition) is 0. The van der Waals surface area contributed by atoms with Crippen molar-refractivity contribution in [3.8, 4) is 11.4 Å². The number of rotatable bonds is 1. The molecule has 16 heavy (non-hydrogen) atoms. The van der Waals surface area contributed by atoms with Gasteiger partial charge in [0.2, 0.25) is 0 Å². The molecular formula is C11H7ClN2OS. The first kappa shape index (κ1) is 9.81. The maximum absolute atomic E-state index is 6.12. The van der Waals surface area contributed by atoms with Crippen molar-refractivity contribution in [1.29, 1.82) is 0 Å². The van der Waals surface area contributed by atoms with Gasteiger partial charge < -0.3 is 4.42 Å². The summed E-state index contributed by atoms with van der Waals surface area (Å²) in [6, 6.07) is 3.82. The van der Waals surface area contributed by atoms with Crippen molar-refractivity contribution >= 4 is 33.2 Å². The molecule has 3 heterocycles. The van der Waals surface area contributed by atoms with Gasteiger partial charge >= 0.3 is 0 Å². The van der Waals surface area contributed by atoms with Crippen LogP contribution in [0.25, 0.3) is 21.6 Å². The minimum Gasteiger partial charge on any atom is -0.472 e. The molecule has 3 rings (SSSR count). The Morgan fingerprint density at radius 3 is 3.00 bits per heavy atom. The third-order valence-electron chi connectivity index (χ3n) is 2.25. The van der Waals surface area contributed by atoms with Gasteiger partial charge in [0.05, 0.1) is 11.8 Å². The summed E-state index contributed by atoms with van der Waals surface area (Å²) in [4.78, 5) is 10.8. The first-order valence-corrected chi connectivity index (χ1v) is 5.90. The summed E-state index contributed by atoms with van der Waals surface area (Å²) in [6.07, 6.45) is 3.20. The highest BCUT2D eigenvalue weighted by Crippen LogP contribution is 2.30. The fraction of sp³-hybridized carbons (Fsp3) is 0.0909. The number of aromatic nitrogens is 2. The first-order valence-electron chi connectivity index (χ1n) is 4.70. The molecule has 0 saturated heterocycles. The van der Waals surface area contributed by atoms with Crippen LogP contribution in [0.15, 0.2) is 29.1 Å². The Kier molecular flexibility index (Phi) is 2.19. The lowest BCUT2D eigenvalue weighted by molar-refractivity contribution is 0.568. The van der Waals surface area contributed by atoms with Gasteiger partial charge in [-0.2, -0.15) is 0 Å². The van der Waals surface area contributed by atoms with Crippen molar-refractivity contribution in [2.24, 2.45) is 0 Å². The van der Waals surface area contributed by atoms with E-state index >= 15 is 0 Å². The molecule has 0 amide bonds. The van der Waals surface area contributed by atoms with E-state index in [0.717, 1.165) is 15.8 Å². The van der Waals surface area contributed by atoms with Gasteiger partial charge in [-0.3, -0.25) is 0 Å². The van der Waals surface area contributed by atoms with Crippen molar-refractivity contribution < 1.29 is 4.42 Å². The quantitative estimate of drug-likeness (QED) is 0.615. The van der Waals surface area contributed by atoms with Gasteiger partial charge in [0.1, 0.15) is 16.2 Å². The molecule has 0 aliphatic carbocycles. The lowest BCUT2D eigenvalue weighted by atomic mass is 10.3. The van der Waals surface area contributed by atoms with Gasteiger partial charge in [-0.05, 0) is 19.1 Å². The van der Waals surface area contributed by atoms with Crippen LogP contribution in [-0.4, -0.2) is 9.97 Å². The number of fused-ring (bicyclic) bond motifs is 1. The van der Waals surface area contributed by atoms with Crippen LogP contribution in [0.2, 0.25) is 5.15 Å². The second-order valence-corrected chi connectivity index (χ2v) is 5.02. The minimum absolute atomic E-state index is 0.491. The van der Waals surface area contributed by atoms with Crippen molar-refractivity contribution in [3.63, 3.8) is 0 Å². The first-order chi connectivity index (χ1) is 7.74. The molecule has 0 aliphatic heterocycles. The van der Waals surface area contributed by atoms with Crippen molar-refractivity contribution in [3.05, 3.63) is 34.7 Å². The summed E-state index contributed by atoms with van der Waals surface area (Å²) in [5.41, 5.74) is 0.842. The number of thiophene rings is 1. The SMILES string of the molecule is Cc1cc2c(Cl)nc(-c3ccoc3)nc2s1. The molecule has 0 saturated carbocycles. The minimum atomic E-state index is 0.491. The zero-order chi connectivity index (χ0) is 11.1. The topological polar surface area (TPSA) is 38.9 Å². The zero-order valence-electron chi connectivity index (χ0n) is 8.40. The number of hydrogen-bond acceptors (Lipinski definition) is 4. The van der Waals surface area contributed by atoms with Crippen LogP contribution in [0, 0.1) is 6.92 Å². The van der Waals surface area contributed by atoms with E-state index < -0.39 is 0 Å². The number of halogens is 1. The van der Waals surface area contributed by atoms with Gasteiger partial charge in [-0.15, -0.1) is 11.3 Å². The highest BCUT2D eigenvalue weighted by atomic mass is 35.5. The second kappa shape index (κ2) is 3.57. The predicted octanol–water partition coefficient (Wildman–Crippen LogP) is 3.91. The Bertz CT molecular complexity index is 645. The van der Waals surface area contributed by atoms with Gasteiger partial charge in [-0.1, -0.05) is 11.6 Å². The van der Waals surface area contributed by atoms with Crippen LogP contribution in [0.5, 0.6) is 0 Å². The van der Waals surface area contributed by atoms with E-state index in [9.17, 15) is 0 Å². The smallest absolute Gasteiger partial charge is 0.165 e. The number of furan rings is 1. The Morgan fingerprint density at radius 2 is 2.25 bits per heavy atom. The predicted molar refractivity (Wildman–Crippen MR) is 64.9 cm³/mol. The lowest BCUT2D eigenvalue weighted by Crippen LogP contribution is -1.87. The standard InChI is InChI=1S/C11H7ClN2OS/c1-6-4-8-9(12)13-10(14-11(8)16-6)7-2-3-15-5-7/h2-5H,1H3. The van der Waals surface area contributed by atoms with Crippen LogP contribution in [0.1, 0.15) is 4.88 Å². The average Bonchev–Trinajstić information content (AvgIpc) is 2.84. The highest BCUT2D eigenvalue weighted by Gasteiger charge is 2.10. The Labute approximate surface area is 101 Å². The van der Waals surface area contributed by atoms with Crippen LogP contribution in [-0.2, 0) is 0 Å². The average molecular weight is 251 g/mol. The molecule has 5 heteroatoms. The maximum Gasteiger partial charge on any atom is 0.165 e. The summed E-state index contributed by atoms with van der Waals surface area (Å²) in [5.74, 6) is 0.605.